The fourth-order valence-corrected chi connectivity index (χ4v) is 3.74. The summed E-state index contributed by atoms with van der Waals surface area (Å²) in [5, 5.41) is 9.52. The molecule has 3 heterocycles. The molecule has 146 valence electrons. The molecule has 1 aliphatic rings. The molecule has 0 atom stereocenters. The molecule has 7 nitrogen and oxygen atoms in total. The molecule has 0 aliphatic carbocycles. The fraction of sp³-hybridized carbons (Fsp3) is 0.350. The molecular weight excluding hydrogens is 378 g/mol. The summed E-state index contributed by atoms with van der Waals surface area (Å²) in [4.78, 5) is 18.6. The van der Waals surface area contributed by atoms with E-state index < -0.39 is 5.97 Å². The molecule has 8 heteroatoms. The largest absolute Gasteiger partial charge is 0.465 e. The minimum atomic E-state index is -0.430. The number of rotatable bonds is 6. The van der Waals surface area contributed by atoms with Crippen molar-refractivity contribution < 1.29 is 9.53 Å². The molecule has 1 aromatic carbocycles. The summed E-state index contributed by atoms with van der Waals surface area (Å²) in [5.41, 5.74) is 1.94. The highest BCUT2D eigenvalue weighted by molar-refractivity contribution is 6.31. The van der Waals surface area contributed by atoms with E-state index in [9.17, 15) is 4.79 Å². The van der Waals surface area contributed by atoms with E-state index in [1.54, 1.807) is 18.5 Å². The lowest BCUT2D eigenvalue weighted by molar-refractivity contribution is 0.0602. The number of carbonyl (C=O) groups excluding carboxylic acids is 1. The molecular formula is C20H22ClN5O2. The molecule has 0 saturated carbocycles. The van der Waals surface area contributed by atoms with Gasteiger partial charge in [0.15, 0.2) is 5.82 Å². The average molecular weight is 400 g/mol. The normalized spacial score (nSPS) is 14.5. The first kappa shape index (κ1) is 18.7. The Morgan fingerprint density at radius 1 is 1.25 bits per heavy atom. The van der Waals surface area contributed by atoms with Crippen molar-refractivity contribution in [1.82, 2.24) is 19.7 Å². The van der Waals surface area contributed by atoms with Crippen molar-refractivity contribution in [1.29, 1.82) is 0 Å². The third kappa shape index (κ3) is 3.81. The molecule has 0 spiro atoms. The highest BCUT2D eigenvalue weighted by Crippen LogP contribution is 2.29. The van der Waals surface area contributed by atoms with Gasteiger partial charge in [0.05, 0.1) is 36.6 Å². The number of likely N-dealkylation sites (tertiary alicyclic amines) is 1. The molecule has 1 fully saturated rings. The van der Waals surface area contributed by atoms with Crippen LogP contribution in [0.4, 0.5) is 11.5 Å². The average Bonchev–Trinajstić information content (AvgIpc) is 3.34. The van der Waals surface area contributed by atoms with Crippen LogP contribution >= 0.6 is 11.6 Å². The molecule has 2 aromatic heterocycles. The zero-order valence-corrected chi connectivity index (χ0v) is 16.4. The standard InChI is InChI=1S/C20H22ClN5O2/c1-28-20(27)15-6-7-22-13-17(15)23-19-16-12-14(21)4-5-18(16)26(24-19)11-10-25-8-2-3-9-25/h4-7,12-13H,2-3,8-11H2,1H3,(H,23,24). The van der Waals surface area contributed by atoms with E-state index in [1.165, 1.54) is 20.0 Å². The maximum absolute atomic E-state index is 12.1. The van der Waals surface area contributed by atoms with Gasteiger partial charge < -0.3 is 15.0 Å². The third-order valence-electron chi connectivity index (χ3n) is 5.02. The lowest BCUT2D eigenvalue weighted by Gasteiger charge is -2.14. The number of esters is 1. The number of carbonyl (C=O) groups is 1. The number of halogens is 1. The zero-order chi connectivity index (χ0) is 19.5. The second kappa shape index (κ2) is 8.16. The molecule has 1 aliphatic heterocycles. The second-order valence-corrected chi connectivity index (χ2v) is 7.26. The summed E-state index contributed by atoms with van der Waals surface area (Å²) in [6, 6.07) is 7.34. The van der Waals surface area contributed by atoms with E-state index in [0.29, 0.717) is 22.1 Å². The molecule has 4 rings (SSSR count). The number of hydrogen-bond donors (Lipinski definition) is 1. The summed E-state index contributed by atoms with van der Waals surface area (Å²) < 4.78 is 6.85. The van der Waals surface area contributed by atoms with Crippen LogP contribution < -0.4 is 5.32 Å². The molecule has 0 amide bonds. The predicted octanol–water partition coefficient (Wildman–Crippen LogP) is 3.71. The van der Waals surface area contributed by atoms with Gasteiger partial charge in [-0.2, -0.15) is 5.10 Å². The minimum absolute atomic E-state index is 0.402. The third-order valence-corrected chi connectivity index (χ3v) is 5.25. The van der Waals surface area contributed by atoms with Gasteiger partial charge in [0.25, 0.3) is 0 Å². The molecule has 1 saturated heterocycles. The molecule has 3 aromatic rings. The van der Waals surface area contributed by atoms with E-state index in [4.69, 9.17) is 21.4 Å². The Morgan fingerprint density at radius 2 is 2.07 bits per heavy atom. The SMILES string of the molecule is COC(=O)c1ccncc1Nc1nn(CCN2CCCC2)c2ccc(Cl)cc12. The summed E-state index contributed by atoms with van der Waals surface area (Å²) in [7, 11) is 1.36. The van der Waals surface area contributed by atoms with Crippen LogP contribution in [0, 0.1) is 0 Å². The van der Waals surface area contributed by atoms with Crippen LogP contribution in [0.5, 0.6) is 0 Å². The van der Waals surface area contributed by atoms with Gasteiger partial charge in [0, 0.05) is 23.2 Å². The lowest BCUT2D eigenvalue weighted by atomic mass is 10.2. The zero-order valence-electron chi connectivity index (χ0n) is 15.7. The number of anilines is 2. The molecule has 0 bridgehead atoms. The van der Waals surface area contributed by atoms with Gasteiger partial charge >= 0.3 is 5.97 Å². The van der Waals surface area contributed by atoms with E-state index >= 15 is 0 Å². The fourth-order valence-electron chi connectivity index (χ4n) is 3.57. The number of benzene rings is 1. The number of nitrogens with one attached hydrogen (secondary N) is 1. The molecule has 0 unspecified atom stereocenters. The quantitative estimate of drug-likeness (QED) is 0.637. The van der Waals surface area contributed by atoms with Crippen LogP contribution in [0.15, 0.2) is 36.7 Å². The number of fused-ring (bicyclic) bond motifs is 1. The number of aromatic nitrogens is 3. The van der Waals surface area contributed by atoms with Crippen LogP contribution in [-0.4, -0.2) is 52.4 Å². The van der Waals surface area contributed by atoms with E-state index in [2.05, 4.69) is 15.2 Å². The summed E-state index contributed by atoms with van der Waals surface area (Å²) >= 11 is 6.23. The molecule has 28 heavy (non-hydrogen) atoms. The van der Waals surface area contributed by atoms with Crippen molar-refractivity contribution in [3.8, 4) is 0 Å². The number of nitrogens with zero attached hydrogens (tertiary/aromatic N) is 4. The Kier molecular flexibility index (Phi) is 5.45. The number of pyridine rings is 1. The predicted molar refractivity (Wildman–Crippen MR) is 109 cm³/mol. The summed E-state index contributed by atoms with van der Waals surface area (Å²) in [5.74, 6) is 0.206. The first-order chi connectivity index (χ1) is 13.7. The van der Waals surface area contributed by atoms with Crippen LogP contribution in [0.25, 0.3) is 10.9 Å². The highest BCUT2D eigenvalue weighted by Gasteiger charge is 2.17. The van der Waals surface area contributed by atoms with Crippen LogP contribution in [0.3, 0.4) is 0 Å². The van der Waals surface area contributed by atoms with Crippen LogP contribution in [-0.2, 0) is 11.3 Å². The first-order valence-corrected chi connectivity index (χ1v) is 9.71. The van der Waals surface area contributed by atoms with Gasteiger partial charge in [-0.3, -0.25) is 9.67 Å². The number of ether oxygens (including phenoxy) is 1. The van der Waals surface area contributed by atoms with Gasteiger partial charge in [-0.25, -0.2) is 4.79 Å². The number of methoxy groups -OCH3 is 1. The maximum Gasteiger partial charge on any atom is 0.340 e. The van der Waals surface area contributed by atoms with E-state index in [-0.39, 0.29) is 0 Å². The molecule has 0 radical (unpaired) electrons. The van der Waals surface area contributed by atoms with Crippen LogP contribution in [0.2, 0.25) is 5.02 Å². The van der Waals surface area contributed by atoms with Crippen molar-refractivity contribution >= 4 is 40.0 Å². The van der Waals surface area contributed by atoms with Gasteiger partial charge in [-0.15, -0.1) is 0 Å². The second-order valence-electron chi connectivity index (χ2n) is 6.82. The Balaban J connectivity index is 1.67. The summed E-state index contributed by atoms with van der Waals surface area (Å²) in [6.45, 7) is 4.04. The van der Waals surface area contributed by atoms with Crippen molar-refractivity contribution in [3.05, 3.63) is 47.2 Å². The Hall–Kier alpha value is -2.64. The Labute approximate surface area is 168 Å². The monoisotopic (exact) mass is 399 g/mol. The highest BCUT2D eigenvalue weighted by atomic mass is 35.5. The van der Waals surface area contributed by atoms with Gasteiger partial charge in [-0.05, 0) is 50.2 Å². The van der Waals surface area contributed by atoms with E-state index in [1.807, 2.05) is 22.9 Å². The van der Waals surface area contributed by atoms with Crippen molar-refractivity contribution in [3.63, 3.8) is 0 Å². The van der Waals surface area contributed by atoms with Crippen LogP contribution in [0.1, 0.15) is 23.2 Å². The summed E-state index contributed by atoms with van der Waals surface area (Å²) in [6.07, 6.45) is 5.67. The smallest absolute Gasteiger partial charge is 0.340 e. The van der Waals surface area contributed by atoms with Crippen molar-refractivity contribution in [2.24, 2.45) is 0 Å². The van der Waals surface area contributed by atoms with Gasteiger partial charge in [-0.1, -0.05) is 11.6 Å². The minimum Gasteiger partial charge on any atom is -0.465 e. The lowest BCUT2D eigenvalue weighted by Crippen LogP contribution is -2.24. The van der Waals surface area contributed by atoms with Crippen molar-refractivity contribution in [2.75, 3.05) is 32.1 Å². The van der Waals surface area contributed by atoms with E-state index in [0.717, 1.165) is 37.1 Å². The maximum atomic E-state index is 12.1. The Bertz CT molecular complexity index is 997. The number of hydrogen-bond acceptors (Lipinski definition) is 6. The van der Waals surface area contributed by atoms with Gasteiger partial charge in [0.1, 0.15) is 0 Å². The molecule has 1 N–H and O–H groups in total. The topological polar surface area (TPSA) is 72.3 Å². The Morgan fingerprint density at radius 3 is 2.86 bits per heavy atom. The van der Waals surface area contributed by atoms with Gasteiger partial charge in [0.2, 0.25) is 0 Å². The first-order valence-electron chi connectivity index (χ1n) is 9.33. The van der Waals surface area contributed by atoms with Crippen molar-refractivity contribution in [2.45, 2.75) is 19.4 Å².